The molecule has 1 fully saturated rings. The van der Waals surface area contributed by atoms with Gasteiger partial charge in [0, 0.05) is 6.04 Å². The molecule has 2 rings (SSSR count). The maximum atomic E-state index is 13.4. The zero-order chi connectivity index (χ0) is 13.3. The second kappa shape index (κ2) is 5.00. The Labute approximate surface area is 115 Å². The fourth-order valence-electron chi connectivity index (χ4n) is 2.51. The molecular formula is C14H17BrFNO. The van der Waals surface area contributed by atoms with Crippen molar-refractivity contribution in [2.45, 2.75) is 39.2 Å². The van der Waals surface area contributed by atoms with Crippen LogP contribution in [0.25, 0.3) is 0 Å². The molecule has 18 heavy (non-hydrogen) atoms. The summed E-state index contributed by atoms with van der Waals surface area (Å²) in [5.74, 6) is -0.616. The van der Waals surface area contributed by atoms with Gasteiger partial charge in [-0.2, -0.15) is 0 Å². The van der Waals surface area contributed by atoms with Gasteiger partial charge in [0.2, 0.25) is 0 Å². The maximum absolute atomic E-state index is 13.4. The van der Waals surface area contributed by atoms with E-state index in [9.17, 15) is 9.18 Å². The van der Waals surface area contributed by atoms with Crippen LogP contribution in [0.3, 0.4) is 0 Å². The number of halogens is 2. The first kappa shape index (κ1) is 13.5. The number of rotatable bonds is 2. The SMILES string of the molecule is CC1(C)CCCC1NC(=O)c1cccc(F)c1Br. The minimum atomic E-state index is -0.409. The monoisotopic (exact) mass is 313 g/mol. The van der Waals surface area contributed by atoms with Gasteiger partial charge in [0.05, 0.1) is 10.0 Å². The average molecular weight is 314 g/mol. The first-order valence-electron chi connectivity index (χ1n) is 6.17. The van der Waals surface area contributed by atoms with Crippen LogP contribution in [0.5, 0.6) is 0 Å². The van der Waals surface area contributed by atoms with Crippen LogP contribution in [-0.4, -0.2) is 11.9 Å². The molecule has 1 unspecified atom stereocenters. The van der Waals surface area contributed by atoms with Gasteiger partial charge in [-0.25, -0.2) is 4.39 Å². The van der Waals surface area contributed by atoms with Crippen LogP contribution in [0.1, 0.15) is 43.5 Å². The van der Waals surface area contributed by atoms with Crippen molar-refractivity contribution in [2.24, 2.45) is 5.41 Å². The second-order valence-corrected chi connectivity index (χ2v) is 6.30. The Morgan fingerprint density at radius 3 is 2.83 bits per heavy atom. The molecule has 0 aromatic heterocycles. The number of carbonyl (C=O) groups excluding carboxylic acids is 1. The van der Waals surface area contributed by atoms with Gasteiger partial charge in [-0.15, -0.1) is 0 Å². The molecule has 0 bridgehead atoms. The summed E-state index contributed by atoms with van der Waals surface area (Å²) in [6, 6.07) is 4.68. The molecule has 2 nitrogen and oxygen atoms in total. The van der Waals surface area contributed by atoms with Crippen molar-refractivity contribution in [3.05, 3.63) is 34.1 Å². The van der Waals surface area contributed by atoms with Gasteiger partial charge >= 0.3 is 0 Å². The van der Waals surface area contributed by atoms with E-state index < -0.39 is 5.82 Å². The Hall–Kier alpha value is -0.900. The molecule has 4 heteroatoms. The summed E-state index contributed by atoms with van der Waals surface area (Å²) in [4.78, 5) is 12.2. The summed E-state index contributed by atoms with van der Waals surface area (Å²) >= 11 is 3.12. The third-order valence-corrected chi connectivity index (χ3v) is 4.56. The molecule has 1 saturated carbocycles. The van der Waals surface area contributed by atoms with Crippen LogP contribution in [0, 0.1) is 11.2 Å². The number of carbonyl (C=O) groups is 1. The highest BCUT2D eigenvalue weighted by atomic mass is 79.9. The van der Waals surface area contributed by atoms with Crippen molar-refractivity contribution in [2.75, 3.05) is 0 Å². The lowest BCUT2D eigenvalue weighted by atomic mass is 9.87. The Morgan fingerprint density at radius 2 is 2.22 bits per heavy atom. The van der Waals surface area contributed by atoms with Crippen molar-refractivity contribution in [1.82, 2.24) is 5.32 Å². The van der Waals surface area contributed by atoms with Crippen molar-refractivity contribution in [1.29, 1.82) is 0 Å². The van der Waals surface area contributed by atoms with Gasteiger partial charge in [0.25, 0.3) is 5.91 Å². The van der Waals surface area contributed by atoms with Crippen molar-refractivity contribution in [3.8, 4) is 0 Å². The van der Waals surface area contributed by atoms with E-state index in [0.717, 1.165) is 19.3 Å². The van der Waals surface area contributed by atoms with E-state index in [4.69, 9.17) is 0 Å². The Balaban J connectivity index is 2.15. The van der Waals surface area contributed by atoms with E-state index in [-0.39, 0.29) is 21.8 Å². The second-order valence-electron chi connectivity index (χ2n) is 5.51. The Kier molecular flexibility index (Phi) is 3.76. The summed E-state index contributed by atoms with van der Waals surface area (Å²) in [5, 5.41) is 3.02. The molecule has 0 aliphatic heterocycles. The van der Waals surface area contributed by atoms with E-state index >= 15 is 0 Å². The molecule has 1 aromatic carbocycles. The molecule has 98 valence electrons. The standard InChI is InChI=1S/C14H17BrFNO/c1-14(2)8-4-7-11(14)17-13(18)9-5-3-6-10(16)12(9)15/h3,5-6,11H,4,7-8H2,1-2H3,(H,17,18). The van der Waals surface area contributed by atoms with Crippen molar-refractivity contribution < 1.29 is 9.18 Å². The summed E-state index contributed by atoms with van der Waals surface area (Å²) in [6.07, 6.45) is 3.23. The van der Waals surface area contributed by atoms with Crippen LogP contribution < -0.4 is 5.32 Å². The topological polar surface area (TPSA) is 29.1 Å². The first-order valence-corrected chi connectivity index (χ1v) is 6.96. The predicted molar refractivity (Wildman–Crippen MR) is 73.0 cm³/mol. The van der Waals surface area contributed by atoms with Crippen molar-refractivity contribution >= 4 is 21.8 Å². The molecule has 0 spiro atoms. The minimum Gasteiger partial charge on any atom is -0.349 e. The maximum Gasteiger partial charge on any atom is 0.252 e. The fraction of sp³-hybridized carbons (Fsp3) is 0.500. The minimum absolute atomic E-state index is 0.120. The Morgan fingerprint density at radius 1 is 1.50 bits per heavy atom. The highest BCUT2D eigenvalue weighted by Crippen LogP contribution is 2.37. The number of amides is 1. The fourth-order valence-corrected chi connectivity index (χ4v) is 2.95. The van der Waals surface area contributed by atoms with E-state index in [1.165, 1.54) is 6.07 Å². The Bertz CT molecular complexity index is 473. The lowest BCUT2D eigenvalue weighted by Gasteiger charge is -2.28. The van der Waals surface area contributed by atoms with Crippen LogP contribution in [0.4, 0.5) is 4.39 Å². The van der Waals surface area contributed by atoms with Crippen LogP contribution in [0.2, 0.25) is 0 Å². The largest absolute Gasteiger partial charge is 0.349 e. The van der Waals surface area contributed by atoms with Gasteiger partial charge in [0.1, 0.15) is 5.82 Å². The summed E-state index contributed by atoms with van der Waals surface area (Å²) in [5.41, 5.74) is 0.479. The zero-order valence-corrected chi connectivity index (χ0v) is 12.2. The van der Waals surface area contributed by atoms with Crippen molar-refractivity contribution in [3.63, 3.8) is 0 Å². The quantitative estimate of drug-likeness (QED) is 0.881. The summed E-state index contributed by atoms with van der Waals surface area (Å²) in [7, 11) is 0. The average Bonchev–Trinajstić information content (AvgIpc) is 2.62. The molecule has 1 atom stereocenters. The summed E-state index contributed by atoms with van der Waals surface area (Å²) in [6.45, 7) is 4.32. The number of hydrogen-bond donors (Lipinski definition) is 1. The number of nitrogens with one attached hydrogen (secondary N) is 1. The van der Waals surface area contributed by atoms with Crippen LogP contribution in [0.15, 0.2) is 22.7 Å². The number of hydrogen-bond acceptors (Lipinski definition) is 1. The first-order chi connectivity index (χ1) is 8.42. The molecule has 0 saturated heterocycles. The van der Waals surface area contributed by atoms with E-state index in [2.05, 4.69) is 35.1 Å². The molecule has 1 aromatic rings. The third kappa shape index (κ3) is 2.58. The predicted octanol–water partition coefficient (Wildman–Crippen LogP) is 3.90. The van der Waals surface area contributed by atoms with Gasteiger partial charge in [-0.1, -0.05) is 26.3 Å². The van der Waals surface area contributed by atoms with Crippen LogP contribution in [-0.2, 0) is 0 Å². The molecule has 1 N–H and O–H groups in total. The molecule has 1 amide bonds. The van der Waals surface area contributed by atoms with E-state index in [0.29, 0.717) is 5.56 Å². The van der Waals surface area contributed by atoms with Gasteiger partial charge in [-0.05, 0) is 46.3 Å². The molecule has 1 aliphatic rings. The van der Waals surface area contributed by atoms with Gasteiger partial charge < -0.3 is 5.32 Å². The molecule has 0 radical (unpaired) electrons. The van der Waals surface area contributed by atoms with Crippen LogP contribution >= 0.6 is 15.9 Å². The zero-order valence-electron chi connectivity index (χ0n) is 10.6. The third-order valence-electron chi connectivity index (χ3n) is 3.76. The summed E-state index contributed by atoms with van der Waals surface area (Å²) < 4.78 is 13.6. The lowest BCUT2D eigenvalue weighted by Crippen LogP contribution is -2.41. The van der Waals surface area contributed by atoms with Gasteiger partial charge in [0.15, 0.2) is 0 Å². The van der Waals surface area contributed by atoms with Gasteiger partial charge in [-0.3, -0.25) is 4.79 Å². The molecule has 1 aliphatic carbocycles. The highest BCUT2D eigenvalue weighted by Gasteiger charge is 2.35. The molecular weight excluding hydrogens is 297 g/mol. The normalized spacial score (nSPS) is 21.9. The molecule has 0 heterocycles. The highest BCUT2D eigenvalue weighted by molar-refractivity contribution is 9.10. The smallest absolute Gasteiger partial charge is 0.252 e. The van der Waals surface area contributed by atoms with E-state index in [1.54, 1.807) is 12.1 Å². The van der Waals surface area contributed by atoms with E-state index in [1.807, 2.05) is 0 Å². The number of benzene rings is 1. The lowest BCUT2D eigenvalue weighted by molar-refractivity contribution is 0.0908.